The highest BCUT2D eigenvalue weighted by Crippen LogP contribution is 2.36. The topological polar surface area (TPSA) is 95.7 Å². The highest BCUT2D eigenvalue weighted by Gasteiger charge is 2.27. The number of nitrogens with zero attached hydrogens (tertiary/aromatic N) is 2. The summed E-state index contributed by atoms with van der Waals surface area (Å²) in [7, 11) is 0. The maximum atomic E-state index is 12.0. The van der Waals surface area contributed by atoms with Gasteiger partial charge in [-0.15, -0.1) is 0 Å². The maximum Gasteiger partial charge on any atom is 0.407 e. The zero-order valence-corrected chi connectivity index (χ0v) is 18.9. The fraction of sp³-hybridized carbons (Fsp3) is 0.400. The van der Waals surface area contributed by atoms with E-state index < -0.39 is 5.60 Å². The van der Waals surface area contributed by atoms with Gasteiger partial charge < -0.3 is 20.0 Å². The van der Waals surface area contributed by atoms with Crippen LogP contribution in [0, 0.1) is 0 Å². The second kappa shape index (κ2) is 9.42. The molecule has 5 rings (SSSR count). The zero-order valence-electron chi connectivity index (χ0n) is 18.9. The molecule has 0 spiro atoms. The second-order valence-corrected chi connectivity index (χ2v) is 9.31. The van der Waals surface area contributed by atoms with E-state index in [4.69, 9.17) is 4.74 Å². The number of carbonyl (C=O) groups is 1. The summed E-state index contributed by atoms with van der Waals surface area (Å²) in [5, 5.41) is 5.48. The van der Waals surface area contributed by atoms with Crippen molar-refractivity contribution < 1.29 is 9.53 Å². The lowest BCUT2D eigenvalue weighted by molar-refractivity contribution is 0.0490. The number of pyridine rings is 2. The van der Waals surface area contributed by atoms with Gasteiger partial charge in [0.15, 0.2) is 0 Å². The van der Waals surface area contributed by atoms with Crippen molar-refractivity contribution in [3.05, 3.63) is 60.9 Å². The van der Waals surface area contributed by atoms with Gasteiger partial charge in [0.25, 0.3) is 0 Å². The number of carbonyl (C=O) groups excluding carboxylic acids is 1. The monoisotopic (exact) mass is 433 g/mol. The van der Waals surface area contributed by atoms with Gasteiger partial charge in [0, 0.05) is 41.6 Å². The second-order valence-electron chi connectivity index (χ2n) is 9.31. The van der Waals surface area contributed by atoms with Crippen LogP contribution in [-0.2, 0) is 4.74 Å². The van der Waals surface area contributed by atoms with Crippen molar-refractivity contribution in [3.63, 3.8) is 0 Å². The third kappa shape index (κ3) is 5.46. The van der Waals surface area contributed by atoms with Crippen LogP contribution in [0.5, 0.6) is 0 Å². The van der Waals surface area contributed by atoms with E-state index in [1.165, 1.54) is 16.3 Å². The normalized spacial score (nSPS) is 18.7. The van der Waals surface area contributed by atoms with E-state index in [9.17, 15) is 4.79 Å². The molecule has 7 heteroatoms. The van der Waals surface area contributed by atoms with E-state index in [0.29, 0.717) is 5.92 Å². The number of amides is 1. The average molecular weight is 434 g/mol. The third-order valence-electron chi connectivity index (χ3n) is 5.71. The van der Waals surface area contributed by atoms with Crippen molar-refractivity contribution in [2.45, 2.75) is 64.0 Å². The molecule has 2 atom stereocenters. The first-order chi connectivity index (χ1) is 15.4. The molecule has 4 heterocycles. The van der Waals surface area contributed by atoms with E-state index in [1.807, 2.05) is 57.7 Å². The molecular formula is C25H31N5O2. The van der Waals surface area contributed by atoms with Gasteiger partial charge in [0.05, 0.1) is 23.4 Å². The maximum absolute atomic E-state index is 12.0. The predicted octanol–water partition coefficient (Wildman–Crippen LogP) is 5.68. The standard InChI is InChI=1S/C18H25N3O2.C7H6N2/c1-18(2,3)23-17(22)21-13-6-4-5-12(9-13)15-10-20-16-11-19-8-7-14(15)16;1-3-8-5-7-6(1)2-4-9-7/h7-8,10-13,20H,4-6,9H2,1-3H3,(H,21,22);1-5,9H/t12?,13-;/m0./s1. The van der Waals surface area contributed by atoms with E-state index in [0.717, 1.165) is 36.7 Å². The fourth-order valence-corrected chi connectivity index (χ4v) is 4.30. The number of nitrogens with one attached hydrogen (secondary N) is 3. The van der Waals surface area contributed by atoms with Crippen molar-refractivity contribution >= 4 is 27.9 Å². The Morgan fingerprint density at radius 2 is 1.84 bits per heavy atom. The summed E-state index contributed by atoms with van der Waals surface area (Å²) in [6, 6.07) is 6.24. The van der Waals surface area contributed by atoms with Crippen LogP contribution < -0.4 is 5.32 Å². The molecule has 1 aliphatic carbocycles. The molecule has 1 amide bonds. The number of alkyl carbamates (subject to hydrolysis) is 1. The van der Waals surface area contributed by atoms with Crippen molar-refractivity contribution in [1.82, 2.24) is 25.3 Å². The summed E-state index contributed by atoms with van der Waals surface area (Å²) in [4.78, 5) is 26.4. The lowest BCUT2D eigenvalue weighted by Gasteiger charge is -2.30. The quantitative estimate of drug-likeness (QED) is 0.379. The molecule has 1 saturated carbocycles. The Bertz CT molecular complexity index is 1140. The molecule has 3 N–H and O–H groups in total. The van der Waals surface area contributed by atoms with Gasteiger partial charge in [-0.25, -0.2) is 4.79 Å². The average Bonchev–Trinajstić information content (AvgIpc) is 3.40. The number of rotatable bonds is 2. The van der Waals surface area contributed by atoms with Crippen LogP contribution in [0.1, 0.15) is 57.9 Å². The van der Waals surface area contributed by atoms with Crippen LogP contribution in [0.4, 0.5) is 4.79 Å². The Morgan fingerprint density at radius 3 is 2.62 bits per heavy atom. The molecule has 4 aromatic rings. The number of H-pyrrole nitrogens is 2. The summed E-state index contributed by atoms with van der Waals surface area (Å²) in [6.07, 6.45) is 15.2. The van der Waals surface area contributed by atoms with E-state index >= 15 is 0 Å². The highest BCUT2D eigenvalue weighted by atomic mass is 16.6. The number of aromatic amines is 2. The van der Waals surface area contributed by atoms with Crippen molar-refractivity contribution in [2.24, 2.45) is 0 Å². The van der Waals surface area contributed by atoms with Gasteiger partial charge in [-0.2, -0.15) is 0 Å². The Labute approximate surface area is 188 Å². The number of aromatic nitrogens is 4. The highest BCUT2D eigenvalue weighted by molar-refractivity contribution is 5.82. The van der Waals surface area contributed by atoms with Gasteiger partial charge >= 0.3 is 6.09 Å². The minimum Gasteiger partial charge on any atom is -0.444 e. The Kier molecular flexibility index (Phi) is 6.44. The number of hydrogen-bond donors (Lipinski definition) is 3. The minimum atomic E-state index is -0.456. The third-order valence-corrected chi connectivity index (χ3v) is 5.71. The summed E-state index contributed by atoms with van der Waals surface area (Å²) >= 11 is 0. The molecule has 1 fully saturated rings. The number of hydrogen-bond acceptors (Lipinski definition) is 4. The van der Waals surface area contributed by atoms with E-state index in [1.54, 1.807) is 6.20 Å². The molecule has 1 aliphatic rings. The van der Waals surface area contributed by atoms with E-state index in [-0.39, 0.29) is 12.1 Å². The molecule has 4 aromatic heterocycles. The minimum absolute atomic E-state index is 0.176. The van der Waals surface area contributed by atoms with Crippen LogP contribution in [0.25, 0.3) is 21.8 Å². The summed E-state index contributed by atoms with van der Waals surface area (Å²) in [5.41, 5.74) is 3.04. The number of ether oxygens (including phenoxy) is 1. The van der Waals surface area contributed by atoms with Crippen LogP contribution in [0.3, 0.4) is 0 Å². The van der Waals surface area contributed by atoms with Gasteiger partial charge in [-0.05, 0) is 69.7 Å². The van der Waals surface area contributed by atoms with Gasteiger partial charge in [-0.1, -0.05) is 6.42 Å². The Hall–Kier alpha value is -3.35. The molecule has 0 radical (unpaired) electrons. The number of fused-ring (bicyclic) bond motifs is 2. The molecule has 32 heavy (non-hydrogen) atoms. The Morgan fingerprint density at radius 1 is 1.06 bits per heavy atom. The molecular weight excluding hydrogens is 402 g/mol. The molecule has 0 saturated heterocycles. The molecule has 0 aromatic carbocycles. The molecule has 168 valence electrons. The van der Waals surface area contributed by atoms with Gasteiger partial charge in [0.2, 0.25) is 0 Å². The molecule has 1 unspecified atom stereocenters. The summed E-state index contributed by atoms with van der Waals surface area (Å²) in [5.74, 6) is 0.458. The smallest absolute Gasteiger partial charge is 0.407 e. The molecule has 0 bridgehead atoms. The first-order valence-electron chi connectivity index (χ1n) is 11.2. The summed E-state index contributed by atoms with van der Waals surface area (Å²) < 4.78 is 5.37. The first-order valence-corrected chi connectivity index (χ1v) is 11.2. The van der Waals surface area contributed by atoms with Gasteiger partial charge in [0.1, 0.15) is 5.60 Å². The SMILES string of the molecule is CC(C)(C)OC(=O)N[C@H]1CCCC(c2c[nH]c3cnccc23)C1.c1cc2cc[nH]c2cn1. The Balaban J connectivity index is 0.000000225. The van der Waals surface area contributed by atoms with Crippen LogP contribution in [0.15, 0.2) is 55.4 Å². The molecule has 0 aliphatic heterocycles. The lowest BCUT2D eigenvalue weighted by Crippen LogP contribution is -2.41. The summed E-state index contributed by atoms with van der Waals surface area (Å²) in [6.45, 7) is 5.66. The van der Waals surface area contributed by atoms with Crippen molar-refractivity contribution in [1.29, 1.82) is 0 Å². The predicted molar refractivity (Wildman–Crippen MR) is 127 cm³/mol. The van der Waals surface area contributed by atoms with Crippen LogP contribution in [0.2, 0.25) is 0 Å². The van der Waals surface area contributed by atoms with Crippen molar-refractivity contribution in [3.8, 4) is 0 Å². The van der Waals surface area contributed by atoms with Crippen LogP contribution in [-0.4, -0.2) is 37.7 Å². The first kappa shape index (κ1) is 21.9. The zero-order chi connectivity index (χ0) is 22.6. The van der Waals surface area contributed by atoms with Gasteiger partial charge in [-0.3, -0.25) is 9.97 Å². The van der Waals surface area contributed by atoms with E-state index in [2.05, 4.69) is 37.5 Å². The lowest BCUT2D eigenvalue weighted by atomic mass is 9.81. The molecule has 7 nitrogen and oxygen atoms in total. The van der Waals surface area contributed by atoms with Crippen molar-refractivity contribution in [2.75, 3.05) is 0 Å². The fourth-order valence-electron chi connectivity index (χ4n) is 4.30. The largest absolute Gasteiger partial charge is 0.444 e. The van der Waals surface area contributed by atoms with Crippen LogP contribution >= 0.6 is 0 Å².